The first kappa shape index (κ1) is 16.9. The molecule has 128 valence electrons. The van der Waals surface area contributed by atoms with Gasteiger partial charge in [0.15, 0.2) is 0 Å². The summed E-state index contributed by atoms with van der Waals surface area (Å²) in [5.41, 5.74) is 2.92. The summed E-state index contributed by atoms with van der Waals surface area (Å²) in [6, 6.07) is 15.0. The van der Waals surface area contributed by atoms with E-state index in [9.17, 15) is 4.79 Å². The Bertz CT molecular complexity index is 818. The number of aromatic nitrogens is 3. The third-order valence-corrected chi connectivity index (χ3v) is 4.07. The molecule has 0 bridgehead atoms. The van der Waals surface area contributed by atoms with Crippen LogP contribution in [0.25, 0.3) is 11.3 Å². The van der Waals surface area contributed by atoms with Gasteiger partial charge < -0.3 is 9.64 Å². The lowest BCUT2D eigenvalue weighted by atomic mass is 10.1. The smallest absolute Gasteiger partial charge is 0.258 e. The van der Waals surface area contributed by atoms with Gasteiger partial charge in [-0.05, 0) is 12.1 Å². The maximum Gasteiger partial charge on any atom is 0.258 e. The highest BCUT2D eigenvalue weighted by Crippen LogP contribution is 2.25. The summed E-state index contributed by atoms with van der Waals surface area (Å²) in [5.74, 6) is -0.139. The first-order valence-corrected chi connectivity index (χ1v) is 7.98. The first-order valence-electron chi connectivity index (χ1n) is 7.98. The quantitative estimate of drug-likeness (QED) is 0.751. The Labute approximate surface area is 146 Å². The molecule has 0 fully saturated rings. The molecule has 6 heteroatoms. The molecule has 0 aliphatic heterocycles. The molecule has 1 N–H and O–H groups in total. The molecular weight excluding hydrogens is 316 g/mol. The Hall–Kier alpha value is -2.99. The van der Waals surface area contributed by atoms with Crippen molar-refractivity contribution in [3.05, 3.63) is 72.2 Å². The highest BCUT2D eigenvalue weighted by atomic mass is 16.5. The number of methoxy groups -OCH3 is 1. The summed E-state index contributed by atoms with van der Waals surface area (Å²) in [7, 11) is 3.37. The fraction of sp³-hybridized carbons (Fsp3) is 0.211. The van der Waals surface area contributed by atoms with E-state index in [1.165, 1.54) is 0 Å². The van der Waals surface area contributed by atoms with Crippen molar-refractivity contribution in [2.75, 3.05) is 20.8 Å². The van der Waals surface area contributed by atoms with Gasteiger partial charge in [-0.15, -0.1) is 0 Å². The molecule has 1 amide bonds. The third-order valence-electron chi connectivity index (χ3n) is 4.07. The van der Waals surface area contributed by atoms with Crippen molar-refractivity contribution in [2.45, 2.75) is 6.04 Å². The van der Waals surface area contributed by atoms with Crippen molar-refractivity contribution < 1.29 is 9.53 Å². The van der Waals surface area contributed by atoms with Gasteiger partial charge in [0.1, 0.15) is 0 Å². The lowest BCUT2D eigenvalue weighted by Gasteiger charge is -2.27. The predicted octanol–water partition coefficient (Wildman–Crippen LogP) is 2.93. The highest BCUT2D eigenvalue weighted by molar-refractivity contribution is 5.99. The van der Waals surface area contributed by atoms with Gasteiger partial charge in [-0.25, -0.2) is 0 Å². The number of nitrogens with zero attached hydrogens (tertiary/aromatic N) is 3. The number of hydrogen-bond donors (Lipinski definition) is 1. The topological polar surface area (TPSA) is 71.1 Å². The number of H-pyrrole nitrogens is 1. The van der Waals surface area contributed by atoms with Crippen LogP contribution in [0.4, 0.5) is 0 Å². The molecule has 1 atom stereocenters. The average molecular weight is 336 g/mol. The Kier molecular flexibility index (Phi) is 5.20. The Balaban J connectivity index is 1.91. The van der Waals surface area contributed by atoms with E-state index in [2.05, 4.69) is 15.2 Å². The molecule has 25 heavy (non-hydrogen) atoms. The number of carbonyl (C=O) groups excluding carboxylic acids is 1. The maximum atomic E-state index is 13.1. The zero-order chi connectivity index (χ0) is 17.6. The number of pyridine rings is 1. The highest BCUT2D eigenvalue weighted by Gasteiger charge is 2.26. The van der Waals surface area contributed by atoms with Crippen LogP contribution in [0.5, 0.6) is 0 Å². The molecule has 0 aliphatic rings. The van der Waals surface area contributed by atoms with E-state index in [4.69, 9.17) is 4.74 Å². The van der Waals surface area contributed by atoms with E-state index in [0.717, 1.165) is 11.3 Å². The van der Waals surface area contributed by atoms with Crippen LogP contribution in [0.1, 0.15) is 22.1 Å². The SMILES string of the molecule is COCC(c1ccccn1)N(C)C(=O)c1cn[nH]c1-c1ccccc1. The molecule has 3 aromatic rings. The Morgan fingerprint density at radius 1 is 1.20 bits per heavy atom. The van der Waals surface area contributed by atoms with Gasteiger partial charge in [-0.1, -0.05) is 36.4 Å². The molecule has 1 aromatic carbocycles. The number of likely N-dealkylation sites (N-methyl/N-ethyl adjacent to an activating group) is 1. The fourth-order valence-corrected chi connectivity index (χ4v) is 2.73. The van der Waals surface area contributed by atoms with Crippen LogP contribution >= 0.6 is 0 Å². The van der Waals surface area contributed by atoms with Gasteiger partial charge in [-0.3, -0.25) is 14.9 Å². The number of benzene rings is 1. The number of rotatable bonds is 6. The second kappa shape index (κ2) is 7.72. The molecule has 1 unspecified atom stereocenters. The lowest BCUT2D eigenvalue weighted by molar-refractivity contribution is 0.0596. The lowest BCUT2D eigenvalue weighted by Crippen LogP contribution is -2.34. The van der Waals surface area contributed by atoms with Gasteiger partial charge in [0, 0.05) is 25.9 Å². The molecule has 3 rings (SSSR count). The molecule has 0 radical (unpaired) electrons. The van der Waals surface area contributed by atoms with E-state index in [1.807, 2.05) is 48.5 Å². The van der Waals surface area contributed by atoms with Crippen molar-refractivity contribution >= 4 is 5.91 Å². The van der Waals surface area contributed by atoms with Crippen LogP contribution in [0.3, 0.4) is 0 Å². The van der Waals surface area contributed by atoms with E-state index in [1.54, 1.807) is 31.5 Å². The van der Waals surface area contributed by atoms with E-state index in [-0.39, 0.29) is 11.9 Å². The molecule has 0 saturated carbocycles. The minimum atomic E-state index is -0.280. The van der Waals surface area contributed by atoms with Crippen molar-refractivity contribution in [3.8, 4) is 11.3 Å². The van der Waals surface area contributed by atoms with Crippen LogP contribution in [-0.4, -0.2) is 46.8 Å². The molecule has 0 aliphatic carbocycles. The van der Waals surface area contributed by atoms with Gasteiger partial charge in [-0.2, -0.15) is 5.10 Å². The van der Waals surface area contributed by atoms with Crippen LogP contribution in [0.2, 0.25) is 0 Å². The molecule has 0 spiro atoms. The number of carbonyl (C=O) groups is 1. The van der Waals surface area contributed by atoms with Crippen LogP contribution in [-0.2, 0) is 4.74 Å². The van der Waals surface area contributed by atoms with Crippen LogP contribution < -0.4 is 0 Å². The minimum Gasteiger partial charge on any atom is -0.382 e. The number of aromatic amines is 1. The monoisotopic (exact) mass is 336 g/mol. The molecule has 2 heterocycles. The minimum absolute atomic E-state index is 0.139. The summed E-state index contributed by atoms with van der Waals surface area (Å²) in [6.45, 7) is 0.359. The predicted molar refractivity (Wildman–Crippen MR) is 95.0 cm³/mol. The first-order chi connectivity index (χ1) is 12.2. The Morgan fingerprint density at radius 3 is 2.64 bits per heavy atom. The van der Waals surface area contributed by atoms with Crippen molar-refractivity contribution in [1.82, 2.24) is 20.1 Å². The van der Waals surface area contributed by atoms with Gasteiger partial charge >= 0.3 is 0 Å². The largest absolute Gasteiger partial charge is 0.382 e. The molecular formula is C19H20N4O2. The second-order valence-electron chi connectivity index (χ2n) is 5.67. The van der Waals surface area contributed by atoms with Crippen LogP contribution in [0.15, 0.2) is 60.9 Å². The van der Waals surface area contributed by atoms with Gasteiger partial charge in [0.05, 0.1) is 35.8 Å². The zero-order valence-corrected chi connectivity index (χ0v) is 14.2. The summed E-state index contributed by atoms with van der Waals surface area (Å²) in [5, 5.41) is 6.98. The summed E-state index contributed by atoms with van der Waals surface area (Å²) in [6.07, 6.45) is 3.27. The number of ether oxygens (including phenoxy) is 1. The van der Waals surface area contributed by atoms with Gasteiger partial charge in [0.25, 0.3) is 5.91 Å². The van der Waals surface area contributed by atoms with E-state index >= 15 is 0 Å². The maximum absolute atomic E-state index is 13.1. The number of hydrogen-bond acceptors (Lipinski definition) is 4. The van der Waals surface area contributed by atoms with Crippen molar-refractivity contribution in [1.29, 1.82) is 0 Å². The molecule has 6 nitrogen and oxygen atoms in total. The third kappa shape index (κ3) is 3.59. The van der Waals surface area contributed by atoms with Crippen molar-refractivity contribution in [2.24, 2.45) is 0 Å². The average Bonchev–Trinajstić information content (AvgIpc) is 3.16. The number of amides is 1. The fourth-order valence-electron chi connectivity index (χ4n) is 2.73. The summed E-state index contributed by atoms with van der Waals surface area (Å²) < 4.78 is 5.30. The van der Waals surface area contributed by atoms with Crippen molar-refractivity contribution in [3.63, 3.8) is 0 Å². The van der Waals surface area contributed by atoms with Crippen LogP contribution in [0, 0.1) is 0 Å². The van der Waals surface area contributed by atoms with E-state index in [0.29, 0.717) is 17.9 Å². The molecule has 0 saturated heterocycles. The number of nitrogens with one attached hydrogen (secondary N) is 1. The molecule has 2 aromatic heterocycles. The second-order valence-corrected chi connectivity index (χ2v) is 5.67. The Morgan fingerprint density at radius 2 is 1.96 bits per heavy atom. The summed E-state index contributed by atoms with van der Waals surface area (Å²) in [4.78, 5) is 19.1. The summed E-state index contributed by atoms with van der Waals surface area (Å²) >= 11 is 0. The zero-order valence-electron chi connectivity index (χ0n) is 14.2. The van der Waals surface area contributed by atoms with Gasteiger partial charge in [0.2, 0.25) is 0 Å². The van der Waals surface area contributed by atoms with E-state index < -0.39 is 0 Å². The normalized spacial score (nSPS) is 11.9. The standard InChI is InChI=1S/C19H20N4O2/c1-23(17(13-25-2)16-10-6-7-11-20-16)19(24)15-12-21-22-18(15)14-8-4-3-5-9-14/h3-12,17H,13H2,1-2H3,(H,21,22).